The lowest BCUT2D eigenvalue weighted by molar-refractivity contribution is 0.528. The average Bonchev–Trinajstić information content (AvgIpc) is 3.18. The minimum atomic E-state index is 0.214. The molecular weight excluding hydrogens is 430 g/mol. The lowest BCUT2D eigenvalue weighted by Crippen LogP contribution is -2.24. The van der Waals surface area contributed by atoms with Crippen molar-refractivity contribution in [1.82, 2.24) is 5.32 Å². The van der Waals surface area contributed by atoms with Gasteiger partial charge < -0.3 is 5.32 Å². The number of rotatable bonds is 21. The average molecular weight is 486 g/mol. The number of thioether (sulfide) groups is 1. The summed E-state index contributed by atoms with van der Waals surface area (Å²) in [6.07, 6.45) is 31.2. The predicted molar refractivity (Wildman–Crippen MR) is 156 cm³/mol. The first-order chi connectivity index (χ1) is 16.6. The third kappa shape index (κ3) is 10.8. The van der Waals surface area contributed by atoms with Crippen molar-refractivity contribution in [3.63, 3.8) is 0 Å². The van der Waals surface area contributed by atoms with Gasteiger partial charge in [0.25, 0.3) is 0 Å². The molecule has 0 aromatic heterocycles. The Labute approximate surface area is 217 Å². The Morgan fingerprint density at radius 3 is 1.88 bits per heavy atom. The maximum atomic E-state index is 4.39. The quantitative estimate of drug-likeness (QED) is 0.162. The van der Waals surface area contributed by atoms with E-state index in [4.69, 9.17) is 0 Å². The second-order valence-corrected chi connectivity index (χ2v) is 12.3. The maximum Gasteiger partial charge on any atom is 0.0463 e. The zero-order valence-electron chi connectivity index (χ0n) is 23.0. The van der Waals surface area contributed by atoms with E-state index in [-0.39, 0.29) is 4.75 Å². The van der Waals surface area contributed by atoms with E-state index in [9.17, 15) is 0 Å². The highest BCUT2D eigenvalue weighted by Gasteiger charge is 2.37. The van der Waals surface area contributed by atoms with Gasteiger partial charge in [0.1, 0.15) is 0 Å². The molecule has 0 saturated carbocycles. The van der Waals surface area contributed by atoms with Gasteiger partial charge in [-0.3, -0.25) is 0 Å². The fraction of sp³-hybridized carbons (Fsp3) is 0.750. The highest BCUT2D eigenvalue weighted by atomic mass is 32.2. The molecule has 1 unspecified atom stereocenters. The fourth-order valence-electron chi connectivity index (χ4n) is 5.26. The van der Waals surface area contributed by atoms with Gasteiger partial charge in [0.2, 0.25) is 0 Å². The van der Waals surface area contributed by atoms with Crippen LogP contribution in [0.4, 0.5) is 0 Å². The molecule has 2 heteroatoms. The summed E-state index contributed by atoms with van der Waals surface area (Å²) in [7, 11) is 0. The first-order valence-electron chi connectivity index (χ1n) is 14.8. The van der Waals surface area contributed by atoms with E-state index in [1.165, 1.54) is 132 Å². The van der Waals surface area contributed by atoms with E-state index in [1.54, 1.807) is 0 Å². The summed E-state index contributed by atoms with van der Waals surface area (Å²) in [5.41, 5.74) is 5.48. The van der Waals surface area contributed by atoms with Crippen LogP contribution in [0, 0.1) is 0 Å². The number of fused-ring (bicyclic) bond motifs is 1. The summed E-state index contributed by atoms with van der Waals surface area (Å²) in [6, 6.07) is 0. The van der Waals surface area contributed by atoms with E-state index in [2.05, 4.69) is 50.2 Å². The molecule has 1 nitrogen and oxygen atoms in total. The van der Waals surface area contributed by atoms with Gasteiger partial charge >= 0.3 is 0 Å². The second kappa shape index (κ2) is 17.5. The Kier molecular flexibility index (Phi) is 15.1. The first-order valence-corrected chi connectivity index (χ1v) is 15.7. The van der Waals surface area contributed by atoms with Gasteiger partial charge in [0.15, 0.2) is 0 Å². The van der Waals surface area contributed by atoms with Gasteiger partial charge in [-0.25, -0.2) is 0 Å². The minimum absolute atomic E-state index is 0.214. The molecule has 34 heavy (non-hydrogen) atoms. The van der Waals surface area contributed by atoms with E-state index < -0.39 is 0 Å². The van der Waals surface area contributed by atoms with Crippen LogP contribution in [0.15, 0.2) is 46.6 Å². The van der Waals surface area contributed by atoms with Gasteiger partial charge in [-0.15, -0.1) is 11.8 Å². The van der Waals surface area contributed by atoms with Crippen LogP contribution in [0.25, 0.3) is 0 Å². The van der Waals surface area contributed by atoms with E-state index in [0.29, 0.717) is 0 Å². The highest BCUT2D eigenvalue weighted by Crippen LogP contribution is 2.51. The van der Waals surface area contributed by atoms with Crippen molar-refractivity contribution in [3.8, 4) is 0 Å². The summed E-state index contributed by atoms with van der Waals surface area (Å²) >= 11 is 1.97. The van der Waals surface area contributed by atoms with Crippen molar-refractivity contribution in [2.75, 3.05) is 6.54 Å². The summed E-state index contributed by atoms with van der Waals surface area (Å²) in [4.78, 5) is 0. The zero-order valence-corrected chi connectivity index (χ0v) is 23.8. The second-order valence-electron chi connectivity index (χ2n) is 10.9. The Bertz CT molecular complexity index is 670. The predicted octanol–water partition coefficient (Wildman–Crippen LogP) is 10.8. The number of nitrogens with one attached hydrogen (secondary N) is 1. The maximum absolute atomic E-state index is 4.39. The SMILES string of the molecule is C=C(NCCCCCCCCCCCCCCCCCC)C1=CSC2(C)CC=C(CCC)C=C12. The number of hydrogen-bond acceptors (Lipinski definition) is 2. The van der Waals surface area contributed by atoms with E-state index in [1.807, 2.05) is 11.8 Å². The van der Waals surface area contributed by atoms with Crippen molar-refractivity contribution < 1.29 is 0 Å². The molecular formula is C32H55NS. The highest BCUT2D eigenvalue weighted by molar-refractivity contribution is 8.04. The van der Waals surface area contributed by atoms with Crippen molar-refractivity contribution in [2.45, 2.75) is 148 Å². The van der Waals surface area contributed by atoms with Gasteiger partial charge in [0, 0.05) is 22.6 Å². The number of allylic oxidation sites excluding steroid dienone is 4. The van der Waals surface area contributed by atoms with Gasteiger partial charge in [-0.1, -0.05) is 141 Å². The van der Waals surface area contributed by atoms with Crippen LogP contribution in [0.2, 0.25) is 0 Å². The summed E-state index contributed by atoms with van der Waals surface area (Å²) in [5, 5.41) is 5.98. The van der Waals surface area contributed by atoms with Crippen LogP contribution >= 0.6 is 11.8 Å². The van der Waals surface area contributed by atoms with Crippen LogP contribution in [0.1, 0.15) is 143 Å². The standard InChI is InChI=1S/C32H55NS/c1-5-7-8-9-10-11-12-13-14-15-16-17-18-19-20-21-25-33-28(3)30-27-34-32(4)24-23-29(22-6-2)26-31(30)32/h23,26-27,33H,3,5-22,24-25H2,1-2,4H3. The third-order valence-electron chi connectivity index (χ3n) is 7.61. The molecule has 2 rings (SSSR count). The van der Waals surface area contributed by atoms with Gasteiger partial charge in [-0.2, -0.15) is 0 Å². The lowest BCUT2D eigenvalue weighted by Gasteiger charge is -2.30. The Balaban J connectivity index is 1.43. The largest absolute Gasteiger partial charge is 0.385 e. The van der Waals surface area contributed by atoms with Crippen LogP contribution in [-0.2, 0) is 0 Å². The van der Waals surface area contributed by atoms with E-state index in [0.717, 1.165) is 18.7 Å². The minimum Gasteiger partial charge on any atom is -0.385 e. The molecule has 1 aliphatic carbocycles. The molecule has 1 N–H and O–H groups in total. The molecule has 0 saturated heterocycles. The molecule has 1 atom stereocenters. The normalized spacial score (nSPS) is 19.4. The molecule has 2 aliphatic rings. The smallest absolute Gasteiger partial charge is 0.0463 e. The van der Waals surface area contributed by atoms with Crippen molar-refractivity contribution in [3.05, 3.63) is 46.6 Å². The van der Waals surface area contributed by atoms with Crippen molar-refractivity contribution in [1.29, 1.82) is 0 Å². The van der Waals surface area contributed by atoms with Crippen LogP contribution in [-0.4, -0.2) is 11.3 Å². The van der Waals surface area contributed by atoms with Gasteiger partial charge in [0.05, 0.1) is 0 Å². The molecule has 194 valence electrons. The summed E-state index contributed by atoms with van der Waals surface area (Å²) in [6.45, 7) is 12.4. The van der Waals surface area contributed by atoms with Crippen molar-refractivity contribution >= 4 is 11.8 Å². The molecule has 0 fully saturated rings. The van der Waals surface area contributed by atoms with Crippen molar-refractivity contribution in [2.24, 2.45) is 0 Å². The molecule has 1 heterocycles. The Morgan fingerprint density at radius 1 is 0.824 bits per heavy atom. The topological polar surface area (TPSA) is 12.0 Å². The van der Waals surface area contributed by atoms with Crippen LogP contribution in [0.3, 0.4) is 0 Å². The monoisotopic (exact) mass is 485 g/mol. The molecule has 1 aliphatic heterocycles. The third-order valence-corrected chi connectivity index (χ3v) is 8.87. The van der Waals surface area contributed by atoms with Crippen LogP contribution in [0.5, 0.6) is 0 Å². The molecule has 0 radical (unpaired) electrons. The number of unbranched alkanes of at least 4 members (excludes halogenated alkanes) is 15. The molecule has 0 bridgehead atoms. The first kappa shape index (κ1) is 29.3. The number of hydrogen-bond donors (Lipinski definition) is 1. The molecule has 0 spiro atoms. The Hall–Kier alpha value is -0.890. The molecule has 0 aromatic rings. The Morgan fingerprint density at radius 2 is 1.35 bits per heavy atom. The zero-order chi connectivity index (χ0) is 24.5. The molecule has 0 amide bonds. The summed E-state index contributed by atoms with van der Waals surface area (Å²) in [5.74, 6) is 0. The summed E-state index contributed by atoms with van der Waals surface area (Å²) < 4.78 is 0.214. The lowest BCUT2D eigenvalue weighted by atomic mass is 9.83. The van der Waals surface area contributed by atoms with Crippen LogP contribution < -0.4 is 5.32 Å². The fourth-order valence-corrected chi connectivity index (χ4v) is 6.39. The molecule has 0 aromatic carbocycles. The van der Waals surface area contributed by atoms with Gasteiger partial charge in [-0.05, 0) is 37.2 Å². The van der Waals surface area contributed by atoms with E-state index >= 15 is 0 Å².